The number of hydrogen-bond acceptors (Lipinski definition) is 5. The average Bonchev–Trinajstić information content (AvgIpc) is 3.05. The fraction of sp³-hybridized carbons (Fsp3) is 0.522. The minimum absolute atomic E-state index is 0.0471. The third-order valence-corrected chi connectivity index (χ3v) is 6.31. The van der Waals surface area contributed by atoms with Crippen LogP contribution in [-0.4, -0.2) is 48.0 Å². The lowest BCUT2D eigenvalue weighted by molar-refractivity contribution is 0.0152. The first kappa shape index (κ1) is 22.4. The molecule has 0 aliphatic carbocycles. The molecule has 0 saturated carbocycles. The Labute approximate surface area is 185 Å². The molecule has 1 saturated heterocycles. The highest BCUT2D eigenvalue weighted by molar-refractivity contribution is 5.97. The van der Waals surface area contributed by atoms with Gasteiger partial charge in [-0.1, -0.05) is 6.92 Å². The molecule has 1 N–H and O–H groups in total. The summed E-state index contributed by atoms with van der Waals surface area (Å²) in [6, 6.07) is 2.74. The summed E-state index contributed by atoms with van der Waals surface area (Å²) in [7, 11) is 0. The predicted octanol–water partition coefficient (Wildman–Crippen LogP) is 3.05. The third kappa shape index (κ3) is 4.53. The van der Waals surface area contributed by atoms with Crippen molar-refractivity contribution in [2.45, 2.75) is 45.6 Å². The Morgan fingerprint density at radius 3 is 2.81 bits per heavy atom. The van der Waals surface area contributed by atoms with E-state index in [9.17, 15) is 18.4 Å². The van der Waals surface area contributed by atoms with Crippen molar-refractivity contribution in [3.05, 3.63) is 52.3 Å². The number of ether oxygens (including phenoxy) is 2. The number of aryl methyl sites for hydroxylation is 2. The van der Waals surface area contributed by atoms with Gasteiger partial charge in [0, 0.05) is 38.8 Å². The molecule has 0 radical (unpaired) electrons. The lowest BCUT2D eigenvalue weighted by atomic mass is 9.76. The molecule has 4 rings (SSSR count). The molecule has 0 bridgehead atoms. The summed E-state index contributed by atoms with van der Waals surface area (Å²) in [5.74, 6) is -2.63. The number of nitrogens with one attached hydrogen (secondary N) is 1. The van der Waals surface area contributed by atoms with Crippen LogP contribution >= 0.6 is 0 Å². The van der Waals surface area contributed by atoms with Crippen LogP contribution in [0.5, 0.6) is 0 Å². The van der Waals surface area contributed by atoms with Crippen molar-refractivity contribution in [3.8, 4) is 0 Å². The van der Waals surface area contributed by atoms with Gasteiger partial charge in [-0.2, -0.15) is 5.10 Å². The number of carbonyl (C=O) groups is 2. The standard InChI is InChI=1S/C23H27F2N3O4/c1-2-18-20-19(13-23(14-26-21(20)29)6-10-31-11-7-23)28(27-18)8-3-9-32-22(30)16-5-4-15(24)12-17(16)25/h4-5,12H,2-3,6-11,13-14H2,1H3,(H,26,29). The van der Waals surface area contributed by atoms with E-state index in [1.807, 2.05) is 11.6 Å². The van der Waals surface area contributed by atoms with Gasteiger partial charge in [-0.25, -0.2) is 13.6 Å². The molecule has 1 aromatic heterocycles. The lowest BCUT2D eigenvalue weighted by Gasteiger charge is -2.36. The smallest absolute Gasteiger partial charge is 0.341 e. The quantitative estimate of drug-likeness (QED) is 0.544. The number of halogens is 2. The van der Waals surface area contributed by atoms with E-state index in [-0.39, 0.29) is 23.5 Å². The highest BCUT2D eigenvalue weighted by Crippen LogP contribution is 2.37. The van der Waals surface area contributed by atoms with Gasteiger partial charge in [0.1, 0.15) is 11.6 Å². The van der Waals surface area contributed by atoms with E-state index in [1.54, 1.807) is 0 Å². The van der Waals surface area contributed by atoms with Crippen LogP contribution < -0.4 is 5.32 Å². The number of aromatic nitrogens is 2. The van der Waals surface area contributed by atoms with Gasteiger partial charge in [0.25, 0.3) is 5.91 Å². The highest BCUT2D eigenvalue weighted by Gasteiger charge is 2.39. The fourth-order valence-electron chi connectivity index (χ4n) is 4.47. The Morgan fingerprint density at radius 2 is 2.09 bits per heavy atom. The second-order valence-electron chi connectivity index (χ2n) is 8.43. The summed E-state index contributed by atoms with van der Waals surface area (Å²) in [6.07, 6.45) is 3.57. The average molecular weight is 447 g/mol. The molecule has 1 fully saturated rings. The molecule has 0 atom stereocenters. The number of hydrogen-bond donors (Lipinski definition) is 1. The Kier molecular flexibility index (Phi) is 6.55. The summed E-state index contributed by atoms with van der Waals surface area (Å²) in [5.41, 5.74) is 1.97. The van der Waals surface area contributed by atoms with Gasteiger partial charge in [-0.3, -0.25) is 9.48 Å². The first-order valence-corrected chi connectivity index (χ1v) is 11.0. The Hall–Kier alpha value is -2.81. The maximum Gasteiger partial charge on any atom is 0.341 e. The molecule has 32 heavy (non-hydrogen) atoms. The first-order valence-electron chi connectivity index (χ1n) is 11.0. The van der Waals surface area contributed by atoms with Crippen LogP contribution in [0.2, 0.25) is 0 Å². The summed E-state index contributed by atoms with van der Waals surface area (Å²) >= 11 is 0. The maximum absolute atomic E-state index is 13.8. The van der Waals surface area contributed by atoms with Crippen LogP contribution in [-0.2, 0) is 28.9 Å². The molecular weight excluding hydrogens is 420 g/mol. The summed E-state index contributed by atoms with van der Waals surface area (Å²) in [4.78, 5) is 24.9. The SMILES string of the molecule is CCc1nn(CCCOC(=O)c2ccc(F)cc2F)c2c1C(=O)NCC1(CCOCC1)C2. The second-order valence-corrected chi connectivity index (χ2v) is 8.43. The number of amides is 1. The first-order chi connectivity index (χ1) is 15.4. The molecule has 172 valence electrons. The van der Waals surface area contributed by atoms with Gasteiger partial charge in [0.2, 0.25) is 0 Å². The van der Waals surface area contributed by atoms with Crippen LogP contribution in [0.1, 0.15) is 58.3 Å². The highest BCUT2D eigenvalue weighted by atomic mass is 19.1. The summed E-state index contributed by atoms with van der Waals surface area (Å²) in [6.45, 7) is 4.45. The van der Waals surface area contributed by atoms with E-state index >= 15 is 0 Å². The van der Waals surface area contributed by atoms with E-state index in [2.05, 4.69) is 10.4 Å². The zero-order valence-electron chi connectivity index (χ0n) is 18.1. The molecule has 1 amide bonds. The number of rotatable bonds is 6. The van der Waals surface area contributed by atoms with Crippen molar-refractivity contribution >= 4 is 11.9 Å². The second kappa shape index (κ2) is 9.36. The van der Waals surface area contributed by atoms with Crippen LogP contribution in [0.25, 0.3) is 0 Å². The minimum atomic E-state index is -0.951. The van der Waals surface area contributed by atoms with Gasteiger partial charge in [-0.05, 0) is 43.2 Å². The molecule has 0 unspecified atom stereocenters. The van der Waals surface area contributed by atoms with Crippen molar-refractivity contribution < 1.29 is 27.8 Å². The zero-order valence-corrected chi connectivity index (χ0v) is 18.1. The molecule has 2 aliphatic heterocycles. The van der Waals surface area contributed by atoms with Crippen LogP contribution in [0.4, 0.5) is 8.78 Å². The fourth-order valence-corrected chi connectivity index (χ4v) is 4.47. The third-order valence-electron chi connectivity index (χ3n) is 6.31. The van der Waals surface area contributed by atoms with Crippen molar-refractivity contribution in [2.75, 3.05) is 26.4 Å². The minimum Gasteiger partial charge on any atom is -0.462 e. The van der Waals surface area contributed by atoms with E-state index in [1.165, 1.54) is 0 Å². The van der Waals surface area contributed by atoms with E-state index in [0.717, 1.165) is 42.8 Å². The van der Waals surface area contributed by atoms with E-state index < -0.39 is 17.6 Å². The Bertz CT molecular complexity index is 1010. The topological polar surface area (TPSA) is 82.5 Å². The lowest BCUT2D eigenvalue weighted by Crippen LogP contribution is -2.40. The molecule has 1 aromatic carbocycles. The van der Waals surface area contributed by atoms with Crippen LogP contribution in [0.3, 0.4) is 0 Å². The van der Waals surface area contributed by atoms with Crippen LogP contribution in [0.15, 0.2) is 18.2 Å². The largest absolute Gasteiger partial charge is 0.462 e. The number of nitrogens with zero attached hydrogens (tertiary/aromatic N) is 2. The number of esters is 1. The van der Waals surface area contributed by atoms with Gasteiger partial charge < -0.3 is 14.8 Å². The molecule has 3 heterocycles. The Balaban J connectivity index is 1.45. The number of carbonyl (C=O) groups excluding carboxylic acids is 2. The maximum atomic E-state index is 13.8. The van der Waals surface area contributed by atoms with E-state index in [4.69, 9.17) is 9.47 Å². The Morgan fingerprint density at radius 1 is 1.31 bits per heavy atom. The van der Waals surface area contributed by atoms with Gasteiger partial charge >= 0.3 is 5.97 Å². The monoisotopic (exact) mass is 447 g/mol. The van der Waals surface area contributed by atoms with Gasteiger partial charge in [0.05, 0.1) is 29.1 Å². The van der Waals surface area contributed by atoms with Crippen molar-refractivity contribution in [3.63, 3.8) is 0 Å². The molecule has 2 aliphatic rings. The summed E-state index contributed by atoms with van der Waals surface area (Å²) < 4.78 is 39.3. The number of fused-ring (bicyclic) bond motifs is 1. The van der Waals surface area contributed by atoms with E-state index in [0.29, 0.717) is 50.8 Å². The van der Waals surface area contributed by atoms with Gasteiger partial charge in [0.15, 0.2) is 0 Å². The van der Waals surface area contributed by atoms with Crippen molar-refractivity contribution in [2.24, 2.45) is 5.41 Å². The zero-order chi connectivity index (χ0) is 22.7. The normalized spacial score (nSPS) is 17.5. The molecular formula is C23H27F2N3O4. The molecule has 7 nitrogen and oxygen atoms in total. The van der Waals surface area contributed by atoms with Gasteiger partial charge in [-0.15, -0.1) is 0 Å². The summed E-state index contributed by atoms with van der Waals surface area (Å²) in [5, 5.41) is 7.74. The van der Waals surface area contributed by atoms with Crippen LogP contribution in [0, 0.1) is 17.0 Å². The molecule has 1 spiro atoms. The molecule has 9 heteroatoms. The molecule has 2 aromatic rings. The number of benzene rings is 1. The predicted molar refractivity (Wildman–Crippen MR) is 111 cm³/mol. The van der Waals surface area contributed by atoms with Crippen molar-refractivity contribution in [1.82, 2.24) is 15.1 Å². The van der Waals surface area contributed by atoms with Crippen molar-refractivity contribution in [1.29, 1.82) is 0 Å².